The molecule has 44 heavy (non-hydrogen) atoms. The van der Waals surface area contributed by atoms with E-state index in [9.17, 15) is 29.1 Å². The Morgan fingerprint density at radius 3 is 2.32 bits per heavy atom. The highest BCUT2D eigenvalue weighted by atomic mass is 16.8. The molecule has 1 saturated carbocycles. The van der Waals surface area contributed by atoms with Crippen molar-refractivity contribution >= 4 is 29.7 Å². The quantitative estimate of drug-likeness (QED) is 0.337. The highest BCUT2D eigenvalue weighted by Gasteiger charge is 2.32. The Morgan fingerprint density at radius 2 is 1.73 bits per heavy atom. The van der Waals surface area contributed by atoms with E-state index in [1.54, 1.807) is 45.0 Å². The van der Waals surface area contributed by atoms with Crippen LogP contribution in [0.15, 0.2) is 36.4 Å². The number of hydroxylamine groups is 2. The molecule has 1 atom stereocenters. The normalized spacial score (nSPS) is 16.4. The first-order valence-corrected chi connectivity index (χ1v) is 14.7. The number of para-hydroxylation sites is 1. The molecule has 1 aliphatic heterocycles. The maximum absolute atomic E-state index is 13.4. The second-order valence-corrected chi connectivity index (χ2v) is 11.8. The van der Waals surface area contributed by atoms with Crippen molar-refractivity contribution in [3.63, 3.8) is 0 Å². The summed E-state index contributed by atoms with van der Waals surface area (Å²) in [5.41, 5.74) is -0.129. The number of carbonyl (C=O) groups excluding carboxylic acids is 4. The van der Waals surface area contributed by atoms with Crippen LogP contribution in [0.4, 0.5) is 4.79 Å². The average molecular weight is 614 g/mol. The summed E-state index contributed by atoms with van der Waals surface area (Å²) in [5, 5.41) is 17.7. The lowest BCUT2D eigenvalue weighted by Crippen LogP contribution is -2.55. The van der Waals surface area contributed by atoms with Crippen LogP contribution in [-0.2, 0) is 24.0 Å². The molecule has 1 aliphatic carbocycles. The number of nitrogens with zero attached hydrogens (tertiary/aromatic N) is 4. The number of piperazine rings is 1. The van der Waals surface area contributed by atoms with Crippen LogP contribution in [0, 0.1) is 5.41 Å². The number of rotatable bonds is 12. The summed E-state index contributed by atoms with van der Waals surface area (Å²) < 4.78 is 12.4. The highest BCUT2D eigenvalue weighted by Crippen LogP contribution is 2.23. The summed E-state index contributed by atoms with van der Waals surface area (Å²) in [6.07, 6.45) is 1.26. The Labute approximate surface area is 255 Å². The summed E-state index contributed by atoms with van der Waals surface area (Å²) >= 11 is 0. The number of ketones is 1. The molecule has 2 aliphatic rings. The van der Waals surface area contributed by atoms with Crippen LogP contribution in [0.25, 0.3) is 5.69 Å². The van der Waals surface area contributed by atoms with Gasteiger partial charge < -0.3 is 29.6 Å². The summed E-state index contributed by atoms with van der Waals surface area (Å²) in [6, 6.07) is 9.10. The van der Waals surface area contributed by atoms with Crippen LogP contribution >= 0.6 is 0 Å². The Kier molecular flexibility index (Phi) is 10.6. The minimum Gasteiger partial charge on any atom is -0.481 e. The van der Waals surface area contributed by atoms with Gasteiger partial charge in [0, 0.05) is 31.0 Å². The fourth-order valence-corrected chi connectivity index (χ4v) is 4.42. The smallest absolute Gasteiger partial charge is 0.481 e. The highest BCUT2D eigenvalue weighted by molar-refractivity contribution is 5.96. The first kappa shape index (κ1) is 32.5. The number of hydrogen-bond donors (Lipinski definition) is 2. The number of Topliss-reactive ketones (excluding diaryl/α,β-unsaturated/α-hetero) is 1. The number of ether oxygens (including phenoxy) is 2. The Bertz CT molecular complexity index is 1340. The van der Waals surface area contributed by atoms with E-state index in [1.165, 1.54) is 20.7 Å². The van der Waals surface area contributed by atoms with Crippen molar-refractivity contribution in [3.05, 3.63) is 42.1 Å². The zero-order valence-corrected chi connectivity index (χ0v) is 25.2. The molecule has 2 aromatic rings. The van der Waals surface area contributed by atoms with Crippen LogP contribution in [0.5, 0.6) is 5.88 Å². The standard InChI is InChI=1S/C30H39N5O9/c1-30(2,3)24(36)19-42-25-18-23(32-35(25)20-8-5-4-6-9-20)27(39)31-22(12-13-26(37)38)28(40)33-14-16-34(17-15-33)44-29(41)43-21-10-7-11-21/h4-6,8-9,18,21-22H,7,10-17,19H2,1-3H3,(H,31,39)(H,37,38)/t22-/m0/s1. The number of hydrogen-bond acceptors (Lipinski definition) is 10. The molecule has 0 spiro atoms. The maximum atomic E-state index is 13.4. The van der Waals surface area contributed by atoms with Gasteiger partial charge in [0.15, 0.2) is 11.5 Å². The molecular formula is C30H39N5O9. The van der Waals surface area contributed by atoms with Crippen molar-refractivity contribution in [2.24, 2.45) is 5.41 Å². The van der Waals surface area contributed by atoms with Gasteiger partial charge in [-0.2, -0.15) is 5.10 Å². The zero-order chi connectivity index (χ0) is 31.9. The molecule has 1 aromatic heterocycles. The third kappa shape index (κ3) is 8.78. The first-order valence-electron chi connectivity index (χ1n) is 14.7. The number of amides is 2. The lowest BCUT2D eigenvalue weighted by molar-refractivity contribution is -0.163. The van der Waals surface area contributed by atoms with Crippen LogP contribution in [-0.4, -0.2) is 99.5 Å². The van der Waals surface area contributed by atoms with Gasteiger partial charge in [0.2, 0.25) is 11.8 Å². The summed E-state index contributed by atoms with van der Waals surface area (Å²) in [7, 11) is 0. The van der Waals surface area contributed by atoms with Crippen molar-refractivity contribution in [1.82, 2.24) is 25.1 Å². The lowest BCUT2D eigenvalue weighted by Gasteiger charge is -2.35. The van der Waals surface area contributed by atoms with Crippen molar-refractivity contribution in [3.8, 4) is 11.6 Å². The maximum Gasteiger partial charge on any atom is 0.528 e. The number of aromatic nitrogens is 2. The molecule has 2 heterocycles. The molecule has 238 valence electrons. The van der Waals surface area contributed by atoms with Crippen LogP contribution in [0.2, 0.25) is 0 Å². The molecule has 1 saturated heterocycles. The summed E-state index contributed by atoms with van der Waals surface area (Å²) in [5.74, 6) is -2.29. The van der Waals surface area contributed by atoms with Crippen LogP contribution in [0.3, 0.4) is 0 Å². The van der Waals surface area contributed by atoms with Gasteiger partial charge >= 0.3 is 12.1 Å². The summed E-state index contributed by atoms with van der Waals surface area (Å²) in [4.78, 5) is 69.3. The molecule has 2 N–H and O–H groups in total. The van der Waals surface area contributed by atoms with Crippen molar-refractivity contribution in [2.75, 3.05) is 32.8 Å². The molecule has 14 heteroatoms. The van der Waals surface area contributed by atoms with E-state index in [0.717, 1.165) is 19.3 Å². The number of aliphatic carboxylic acids is 1. The predicted octanol–water partition coefficient (Wildman–Crippen LogP) is 2.59. The van der Waals surface area contributed by atoms with Gasteiger partial charge in [-0.3, -0.25) is 19.2 Å². The third-order valence-corrected chi connectivity index (χ3v) is 7.42. The van der Waals surface area contributed by atoms with Gasteiger partial charge in [-0.25, -0.2) is 9.48 Å². The van der Waals surface area contributed by atoms with Gasteiger partial charge in [0.05, 0.1) is 18.8 Å². The lowest BCUT2D eigenvalue weighted by atomic mass is 9.91. The van der Waals surface area contributed by atoms with E-state index in [2.05, 4.69) is 10.4 Å². The van der Waals surface area contributed by atoms with E-state index < -0.39 is 35.4 Å². The molecule has 2 fully saturated rings. The van der Waals surface area contributed by atoms with E-state index in [1.807, 2.05) is 6.07 Å². The fourth-order valence-electron chi connectivity index (χ4n) is 4.42. The zero-order valence-electron chi connectivity index (χ0n) is 25.2. The predicted molar refractivity (Wildman–Crippen MR) is 155 cm³/mol. The molecular weight excluding hydrogens is 574 g/mol. The topological polar surface area (TPSA) is 170 Å². The van der Waals surface area contributed by atoms with Crippen LogP contribution in [0.1, 0.15) is 63.4 Å². The molecule has 0 unspecified atom stereocenters. The van der Waals surface area contributed by atoms with Crippen molar-refractivity contribution in [1.29, 1.82) is 0 Å². The van der Waals surface area contributed by atoms with Crippen LogP contribution < -0.4 is 10.1 Å². The SMILES string of the molecule is CC(C)(C)C(=O)COc1cc(C(=O)N[C@@H](CCC(=O)O)C(=O)N2CCN(OC(=O)OC3CCC3)CC2)nn1-c1ccccc1. The first-order chi connectivity index (χ1) is 20.9. The Hall–Kier alpha value is -4.46. The van der Waals surface area contributed by atoms with Crippen molar-refractivity contribution < 1.29 is 43.4 Å². The van der Waals surface area contributed by atoms with Gasteiger partial charge in [-0.15, -0.1) is 5.06 Å². The second-order valence-electron chi connectivity index (χ2n) is 11.8. The molecule has 14 nitrogen and oxygen atoms in total. The molecule has 2 amide bonds. The van der Waals surface area contributed by atoms with E-state index in [-0.39, 0.29) is 69.1 Å². The molecule has 4 rings (SSSR count). The minimum atomic E-state index is -1.15. The monoisotopic (exact) mass is 613 g/mol. The van der Waals surface area contributed by atoms with Gasteiger partial charge in [-0.05, 0) is 37.8 Å². The molecule has 0 radical (unpaired) electrons. The number of benzene rings is 1. The number of carboxylic acid groups (broad SMARTS) is 1. The van der Waals surface area contributed by atoms with Gasteiger partial charge in [-0.1, -0.05) is 39.0 Å². The summed E-state index contributed by atoms with van der Waals surface area (Å²) in [6.45, 7) is 5.92. The third-order valence-electron chi connectivity index (χ3n) is 7.42. The van der Waals surface area contributed by atoms with Gasteiger partial charge in [0.25, 0.3) is 5.91 Å². The van der Waals surface area contributed by atoms with Gasteiger partial charge in [0.1, 0.15) is 18.8 Å². The fraction of sp³-hybridized carbons (Fsp3) is 0.533. The Balaban J connectivity index is 1.43. The minimum absolute atomic E-state index is 0.0802. The largest absolute Gasteiger partial charge is 0.528 e. The van der Waals surface area contributed by atoms with E-state index in [0.29, 0.717) is 5.69 Å². The van der Waals surface area contributed by atoms with Crippen molar-refractivity contribution in [2.45, 2.75) is 65.0 Å². The molecule has 0 bridgehead atoms. The van der Waals surface area contributed by atoms with E-state index >= 15 is 0 Å². The number of nitrogens with one attached hydrogen (secondary N) is 1. The van der Waals surface area contributed by atoms with E-state index in [4.69, 9.17) is 14.3 Å². The molecule has 1 aromatic carbocycles. The number of carbonyl (C=O) groups is 5. The number of carboxylic acids is 1. The average Bonchev–Trinajstić information content (AvgIpc) is 3.40. The second kappa shape index (κ2) is 14.3. The Morgan fingerprint density at radius 1 is 1.05 bits per heavy atom.